The van der Waals surface area contributed by atoms with Crippen molar-refractivity contribution in [3.8, 4) is 60.8 Å². The molecule has 9 atom stereocenters. The summed E-state index contributed by atoms with van der Waals surface area (Å²) < 4.78 is 35.9. The molecule has 5 fully saturated rings. The first kappa shape index (κ1) is 101. The highest BCUT2D eigenvalue weighted by Crippen LogP contribution is 2.42. The maximum absolute atomic E-state index is 14.2. The minimum Gasteiger partial charge on any atom is -0.482 e. The lowest BCUT2D eigenvalue weighted by molar-refractivity contribution is -0.144. The topological polar surface area (TPSA) is 427 Å². The van der Waals surface area contributed by atoms with Crippen LogP contribution in [0.1, 0.15) is 201 Å². The van der Waals surface area contributed by atoms with Gasteiger partial charge in [0.1, 0.15) is 76.6 Å². The van der Waals surface area contributed by atoms with E-state index in [2.05, 4.69) is 89.4 Å². The molecule has 0 unspecified atom stereocenters. The van der Waals surface area contributed by atoms with E-state index in [1.807, 2.05) is 165 Å². The number of aliphatic hydroxyl groups excluding tert-OH is 2. The largest absolute Gasteiger partial charge is 0.482 e. The standard InChI is InChI=1S/C53H59ClN10O7S2.C35H45N5O6S.C12H15NO4/c1-27-30(4)73-52-45(27)46(33-13-15-35(54)16-14-33)59-40(49-62-61-31(5)64(49)52)22-42(66)58-36-19-39(20-36)71-44-18-17-38(23-55-44)70-25-43(67)60-48(53(6,7)8)51(69)63-24-37(65)21-41(63)50(68)57-28(2)32-9-11-34(12-10-32)47-29(3)56-26-72-47;1-20-13-27(14-20)46-30-12-11-26(16-36-30)45-18-29(42)39-32(35(4,5)6)34(44)40-17-25(41)15-28(40)33(43)38-21(2)23-7-9-24(10-8-23)31-22(3)37-19-47-31;1-8-4-10(5-8)17-11-3-2-9(6-13-11)16-7-12(14)15/h9-18,23,26,28,36-37,39-41,48,65H,19-22,24-25H2,1-8H3,(H,57,68)(H,58,66)(H,60,67);7-12,16,19-21,25,27-28,32,41H,13-15,17-18H2,1-6H3,(H,38,43)(H,39,42);2-3,6,8,10H,4-5,7H2,1H3,(H,14,15)/t28-,36?,37+,39?,40-,41-,48+;20?,21-,25+,27?,28-,32+;/m00./s1. The summed E-state index contributed by atoms with van der Waals surface area (Å²) in [6.45, 7) is 28.0. The fraction of sp³-hybridized carbons (Fsp3) is 0.460. The third-order valence-corrected chi connectivity index (χ3v) is 28.5. The third-order valence-electron chi connectivity index (χ3n) is 25.1. The average Bonchev–Trinajstić information content (AvgIpc) is 1.58. The van der Waals surface area contributed by atoms with E-state index in [9.17, 15) is 48.6 Å². The molecule has 37 heteroatoms. The van der Waals surface area contributed by atoms with Crippen LogP contribution in [-0.2, 0) is 38.4 Å². The number of aryl methyl sites for hydroxylation is 4. The second-order valence-corrected chi connectivity index (χ2v) is 41.6. The van der Waals surface area contributed by atoms with Gasteiger partial charge in [-0.25, -0.2) is 29.7 Å². The molecule has 137 heavy (non-hydrogen) atoms. The van der Waals surface area contributed by atoms with Gasteiger partial charge in [0, 0.05) is 84.0 Å². The Balaban J connectivity index is 0.000000198. The molecule has 0 spiro atoms. The average molecular weight is 1950 g/mol. The number of nitrogens with one attached hydrogen (secondary N) is 5. The Morgan fingerprint density at radius 2 is 0.927 bits per heavy atom. The minimum atomic E-state index is -1.03. The highest BCUT2D eigenvalue weighted by molar-refractivity contribution is 7.15. The second kappa shape index (κ2) is 44.0. The lowest BCUT2D eigenvalue weighted by Gasteiger charge is -2.35. The van der Waals surface area contributed by atoms with Crippen molar-refractivity contribution in [2.24, 2.45) is 27.7 Å². The number of halogens is 1. The SMILES string of the molecule is CC1CC(Oc2ccc(OCC(=O)O)cn2)C1.Cc1ncsc1-c1ccc([C@H](C)NC(=O)[C@@H]2C[C@@H](O)CN2C(=O)[C@@H](NC(=O)COc2ccc(OC3CC(C)C3)nc2)C(C)(C)C)cc1.Cc1ncsc1-c1ccc([C@H](C)NC(=O)[C@@H]2C[C@@H](O)CN2C(=O)[C@@H](NC(=O)COc2ccc(OC3CC(NC(=O)C[C@@H]4N=C(c5ccc(Cl)cc5)c5c(sc(C)c5C)-n5c(C)nnc54)C3)nc2)C(C)(C)C)cc1. The normalized spacial score (nSPS) is 21.1. The van der Waals surface area contributed by atoms with Crippen LogP contribution < -0.4 is 55.0 Å². The van der Waals surface area contributed by atoms with Gasteiger partial charge in [0.2, 0.25) is 47.2 Å². The number of rotatable bonds is 31. The number of amides is 7. The van der Waals surface area contributed by atoms with E-state index in [0.29, 0.717) is 64.5 Å². The molecule has 0 radical (unpaired) electrons. The minimum absolute atomic E-state index is 0.00694. The van der Waals surface area contributed by atoms with Gasteiger partial charge in [0.25, 0.3) is 11.8 Å². The predicted molar refractivity (Wildman–Crippen MR) is 519 cm³/mol. The van der Waals surface area contributed by atoms with E-state index >= 15 is 0 Å². The van der Waals surface area contributed by atoms with Gasteiger partial charge in [-0.2, -0.15) is 0 Å². The number of aromatic nitrogens is 8. The zero-order valence-corrected chi connectivity index (χ0v) is 82.6. The number of nitrogens with zero attached hydrogens (tertiary/aromatic N) is 11. The monoisotopic (exact) mass is 1950 g/mol. The highest BCUT2D eigenvalue weighted by Gasteiger charge is 2.48. The zero-order chi connectivity index (χ0) is 98.0. The van der Waals surface area contributed by atoms with Gasteiger partial charge in [-0.1, -0.05) is 128 Å². The van der Waals surface area contributed by atoms with Crippen molar-refractivity contribution in [1.29, 1.82) is 0 Å². The number of carbonyl (C=O) groups excluding carboxylic acids is 7. The van der Waals surface area contributed by atoms with E-state index in [4.69, 9.17) is 50.1 Å². The van der Waals surface area contributed by atoms with Crippen LogP contribution in [0.4, 0.5) is 0 Å². The summed E-state index contributed by atoms with van der Waals surface area (Å²) in [5.74, 6) is 1.44. The number of hydrogen-bond donors (Lipinski definition) is 8. The molecular formula is C100H119ClN16O17S3. The molecule has 10 aromatic rings. The number of likely N-dealkylation sites (tertiary alicyclic amines) is 2. The molecule has 7 amide bonds. The van der Waals surface area contributed by atoms with Gasteiger partial charge in [-0.15, -0.1) is 44.2 Å². The predicted octanol–water partition coefficient (Wildman–Crippen LogP) is 13.7. The second-order valence-electron chi connectivity index (χ2n) is 38.2. The summed E-state index contributed by atoms with van der Waals surface area (Å²) in [5.41, 5.74) is 11.8. The van der Waals surface area contributed by atoms with Gasteiger partial charge in [-0.05, 0) is 155 Å². The molecule has 33 nitrogen and oxygen atoms in total. The fourth-order valence-corrected chi connectivity index (χ4v) is 20.1. The smallest absolute Gasteiger partial charge is 0.341 e. The van der Waals surface area contributed by atoms with E-state index in [1.54, 1.807) is 70.4 Å². The Morgan fingerprint density at radius 3 is 1.31 bits per heavy atom. The molecule has 0 bridgehead atoms. The fourth-order valence-electron chi connectivity index (χ4n) is 17.2. The molecule has 3 saturated carbocycles. The lowest BCUT2D eigenvalue weighted by atomic mass is 9.84. The number of thiazole rings is 2. The first-order chi connectivity index (χ1) is 65.2. The van der Waals surface area contributed by atoms with Crippen molar-refractivity contribution in [2.75, 3.05) is 32.9 Å². The van der Waals surface area contributed by atoms with Gasteiger partial charge in [-0.3, -0.25) is 43.1 Å². The number of β-amino-alcohol motifs (C(OH)–C–C–N with tert-alkyl or cyclic N) is 2. The summed E-state index contributed by atoms with van der Waals surface area (Å²) in [7, 11) is 0. The molecule has 3 aliphatic carbocycles. The number of aliphatic hydroxyl groups is 2. The molecule has 6 aliphatic rings. The zero-order valence-electron chi connectivity index (χ0n) is 79.4. The number of carbonyl (C=O) groups is 8. The molecule has 10 heterocycles. The van der Waals surface area contributed by atoms with Crippen molar-refractivity contribution in [3.05, 3.63) is 200 Å². The summed E-state index contributed by atoms with van der Waals surface area (Å²) in [5, 5.41) is 55.0. The van der Waals surface area contributed by atoms with Crippen LogP contribution in [0.5, 0.6) is 34.9 Å². The Hall–Kier alpha value is -12.4. The number of benzene rings is 3. The van der Waals surface area contributed by atoms with Crippen LogP contribution in [0.2, 0.25) is 5.02 Å². The Kier molecular flexibility index (Phi) is 32.3. The highest BCUT2D eigenvalue weighted by atomic mass is 35.5. The number of hydrogen-bond acceptors (Lipinski definition) is 27. The summed E-state index contributed by atoms with van der Waals surface area (Å²) in [4.78, 5) is 138. The van der Waals surface area contributed by atoms with Gasteiger partial charge in [0.05, 0.1) is 87.2 Å². The Labute approximate surface area is 813 Å². The van der Waals surface area contributed by atoms with Crippen molar-refractivity contribution >= 4 is 98.6 Å². The maximum atomic E-state index is 14.2. The first-order valence-corrected chi connectivity index (χ1v) is 49.0. The van der Waals surface area contributed by atoms with Gasteiger partial charge >= 0.3 is 5.97 Å². The number of carboxylic acid groups (broad SMARTS) is 1. The van der Waals surface area contributed by atoms with Crippen molar-refractivity contribution in [1.82, 2.24) is 76.1 Å². The van der Waals surface area contributed by atoms with Crippen molar-refractivity contribution in [3.63, 3.8) is 0 Å². The molecule has 726 valence electrons. The van der Waals surface area contributed by atoms with Crippen LogP contribution in [-0.4, -0.2) is 211 Å². The summed E-state index contributed by atoms with van der Waals surface area (Å²) in [6, 6.07) is 28.3. The van der Waals surface area contributed by atoms with Crippen LogP contribution in [0, 0.1) is 57.3 Å². The molecular weight excluding hydrogens is 1830 g/mol. The Bertz CT molecular complexity index is 5950. The van der Waals surface area contributed by atoms with Crippen LogP contribution in [0.15, 0.2) is 144 Å². The van der Waals surface area contributed by atoms with Crippen molar-refractivity contribution < 1.29 is 82.1 Å². The van der Waals surface area contributed by atoms with Crippen LogP contribution in [0.3, 0.4) is 0 Å². The molecule has 8 N–H and O–H groups in total. The van der Waals surface area contributed by atoms with Crippen LogP contribution in [0.25, 0.3) is 25.9 Å². The van der Waals surface area contributed by atoms with Gasteiger partial charge in [0.15, 0.2) is 25.6 Å². The van der Waals surface area contributed by atoms with E-state index in [1.165, 1.54) is 28.4 Å². The summed E-state index contributed by atoms with van der Waals surface area (Å²) >= 11 is 11.1. The number of aliphatic carboxylic acids is 1. The Morgan fingerprint density at radius 1 is 0.511 bits per heavy atom. The molecule has 3 aromatic carbocycles. The number of ether oxygens (including phenoxy) is 6. The summed E-state index contributed by atoms with van der Waals surface area (Å²) in [6.07, 6.45) is 8.51. The van der Waals surface area contributed by atoms with Crippen molar-refractivity contribution in [2.45, 2.75) is 240 Å². The maximum Gasteiger partial charge on any atom is 0.341 e. The third kappa shape index (κ3) is 25.5. The number of thiophene rings is 1. The number of carboxylic acids is 1. The lowest BCUT2D eigenvalue weighted by Crippen LogP contribution is -2.58. The number of fused-ring (bicyclic) bond motifs is 3. The number of pyridine rings is 3. The van der Waals surface area contributed by atoms with Gasteiger partial charge < -0.3 is 80.1 Å². The van der Waals surface area contributed by atoms with Crippen LogP contribution >= 0.6 is 45.6 Å². The molecule has 16 rings (SSSR count). The van der Waals surface area contributed by atoms with E-state index in [0.717, 1.165) is 113 Å². The quantitative estimate of drug-likeness (QED) is 0.0200. The molecule has 7 aromatic heterocycles. The van der Waals surface area contributed by atoms with E-state index < -0.39 is 95.4 Å². The van der Waals surface area contributed by atoms with E-state index in [-0.39, 0.29) is 93.8 Å². The number of aliphatic imine (C=N–C) groups is 1. The first-order valence-electron chi connectivity index (χ1n) is 46.0. The molecule has 2 saturated heterocycles. The molecule has 3 aliphatic heterocycles.